The van der Waals surface area contributed by atoms with Crippen molar-refractivity contribution in [1.29, 1.82) is 0 Å². The lowest BCUT2D eigenvalue weighted by Crippen LogP contribution is -2.22. The van der Waals surface area contributed by atoms with Crippen LogP contribution in [0.5, 0.6) is 0 Å². The number of anilines is 1. The van der Waals surface area contributed by atoms with E-state index in [2.05, 4.69) is 10.3 Å². The SMILES string of the molecule is CCN=C1c2ccccc2NC1O. The largest absolute Gasteiger partial charge is 0.368 e. The fourth-order valence-corrected chi connectivity index (χ4v) is 1.54. The van der Waals surface area contributed by atoms with Crippen molar-refractivity contribution in [3.63, 3.8) is 0 Å². The van der Waals surface area contributed by atoms with Gasteiger partial charge < -0.3 is 10.4 Å². The van der Waals surface area contributed by atoms with Crippen molar-refractivity contribution in [3.05, 3.63) is 29.8 Å². The first-order valence-corrected chi connectivity index (χ1v) is 4.41. The van der Waals surface area contributed by atoms with Gasteiger partial charge in [0.2, 0.25) is 0 Å². The number of nitrogens with one attached hydrogen (secondary N) is 1. The number of benzene rings is 1. The summed E-state index contributed by atoms with van der Waals surface area (Å²) in [6.45, 7) is 2.66. The van der Waals surface area contributed by atoms with E-state index in [0.717, 1.165) is 17.0 Å². The van der Waals surface area contributed by atoms with Gasteiger partial charge in [0.25, 0.3) is 0 Å². The first-order valence-electron chi connectivity index (χ1n) is 4.41. The molecule has 3 nitrogen and oxygen atoms in total. The normalized spacial score (nSPS) is 22.9. The zero-order chi connectivity index (χ0) is 9.26. The van der Waals surface area contributed by atoms with E-state index in [1.807, 2.05) is 31.2 Å². The first-order chi connectivity index (χ1) is 6.33. The summed E-state index contributed by atoms with van der Waals surface area (Å²) in [5.74, 6) is 0. The van der Waals surface area contributed by atoms with Gasteiger partial charge in [0.1, 0.15) is 0 Å². The molecule has 0 aromatic heterocycles. The van der Waals surface area contributed by atoms with Crippen molar-refractivity contribution >= 4 is 11.4 Å². The van der Waals surface area contributed by atoms with Crippen LogP contribution in [0, 0.1) is 0 Å². The molecule has 1 heterocycles. The number of fused-ring (bicyclic) bond motifs is 1. The molecule has 13 heavy (non-hydrogen) atoms. The summed E-state index contributed by atoms with van der Waals surface area (Å²) < 4.78 is 0. The van der Waals surface area contributed by atoms with E-state index in [1.165, 1.54) is 0 Å². The summed E-state index contributed by atoms with van der Waals surface area (Å²) >= 11 is 0. The van der Waals surface area contributed by atoms with Crippen molar-refractivity contribution in [2.24, 2.45) is 4.99 Å². The summed E-state index contributed by atoms with van der Waals surface area (Å²) in [7, 11) is 0. The second-order valence-electron chi connectivity index (χ2n) is 2.95. The Morgan fingerprint density at radius 1 is 1.46 bits per heavy atom. The van der Waals surface area contributed by atoms with E-state index < -0.39 is 6.23 Å². The third-order valence-corrected chi connectivity index (χ3v) is 2.08. The molecule has 0 saturated carbocycles. The Morgan fingerprint density at radius 3 is 3.00 bits per heavy atom. The lowest BCUT2D eigenvalue weighted by Gasteiger charge is -2.02. The molecule has 1 aliphatic heterocycles. The van der Waals surface area contributed by atoms with E-state index in [0.29, 0.717) is 6.54 Å². The molecule has 0 fully saturated rings. The van der Waals surface area contributed by atoms with Crippen molar-refractivity contribution in [2.75, 3.05) is 11.9 Å². The zero-order valence-electron chi connectivity index (χ0n) is 7.49. The van der Waals surface area contributed by atoms with Crippen LogP contribution in [0.1, 0.15) is 12.5 Å². The van der Waals surface area contributed by atoms with E-state index in [9.17, 15) is 5.11 Å². The highest BCUT2D eigenvalue weighted by Gasteiger charge is 2.24. The minimum Gasteiger partial charge on any atom is -0.368 e. The van der Waals surface area contributed by atoms with Gasteiger partial charge in [0.05, 0.1) is 5.71 Å². The average molecular weight is 176 g/mol. The Labute approximate surface area is 77.1 Å². The first kappa shape index (κ1) is 8.26. The molecule has 1 unspecified atom stereocenters. The Bertz CT molecular complexity index is 347. The number of aliphatic imine (C=N–C) groups is 1. The molecule has 1 aliphatic rings. The standard InChI is InChI=1S/C10H12N2O/c1-2-11-9-7-5-3-4-6-8(7)12-10(9)13/h3-6,10,12-13H,2H2,1H3. The predicted octanol–water partition coefficient (Wildman–Crippen LogP) is 1.24. The Balaban J connectivity index is 2.46. The van der Waals surface area contributed by atoms with Gasteiger partial charge in [-0.15, -0.1) is 0 Å². The van der Waals surface area contributed by atoms with E-state index >= 15 is 0 Å². The number of hydrogen-bond donors (Lipinski definition) is 2. The maximum atomic E-state index is 9.60. The Hall–Kier alpha value is -1.35. The number of aliphatic hydroxyl groups excluding tert-OH is 1. The smallest absolute Gasteiger partial charge is 0.168 e. The highest BCUT2D eigenvalue weighted by molar-refractivity contribution is 6.12. The second kappa shape index (κ2) is 3.18. The maximum Gasteiger partial charge on any atom is 0.168 e. The number of nitrogens with zero attached hydrogens (tertiary/aromatic N) is 1. The monoisotopic (exact) mass is 176 g/mol. The van der Waals surface area contributed by atoms with Gasteiger partial charge in [-0.3, -0.25) is 4.99 Å². The van der Waals surface area contributed by atoms with Gasteiger partial charge in [0.15, 0.2) is 6.23 Å². The van der Waals surface area contributed by atoms with Gasteiger partial charge in [-0.25, -0.2) is 0 Å². The Kier molecular flexibility index (Phi) is 2.02. The molecular formula is C10H12N2O. The molecule has 0 aliphatic carbocycles. The molecule has 1 aromatic carbocycles. The van der Waals surface area contributed by atoms with Gasteiger partial charge >= 0.3 is 0 Å². The van der Waals surface area contributed by atoms with Crippen molar-refractivity contribution in [2.45, 2.75) is 13.2 Å². The average Bonchev–Trinajstić information content (AvgIpc) is 2.44. The molecule has 2 N–H and O–H groups in total. The number of para-hydroxylation sites is 1. The maximum absolute atomic E-state index is 9.60. The summed E-state index contributed by atoms with van der Waals surface area (Å²) in [6.07, 6.45) is -0.641. The molecule has 0 bridgehead atoms. The van der Waals surface area contributed by atoms with Crippen molar-refractivity contribution in [1.82, 2.24) is 0 Å². The van der Waals surface area contributed by atoms with Crippen molar-refractivity contribution < 1.29 is 5.11 Å². The van der Waals surface area contributed by atoms with Crippen LogP contribution in [0.25, 0.3) is 0 Å². The minimum absolute atomic E-state index is 0.641. The summed E-state index contributed by atoms with van der Waals surface area (Å²) in [5.41, 5.74) is 2.72. The molecule has 2 rings (SSSR count). The minimum atomic E-state index is -0.641. The van der Waals surface area contributed by atoms with Gasteiger partial charge in [-0.1, -0.05) is 18.2 Å². The van der Waals surface area contributed by atoms with E-state index in [4.69, 9.17) is 0 Å². The molecular weight excluding hydrogens is 164 g/mol. The quantitative estimate of drug-likeness (QED) is 0.676. The van der Waals surface area contributed by atoms with Crippen LogP contribution in [-0.2, 0) is 0 Å². The third-order valence-electron chi connectivity index (χ3n) is 2.08. The fraction of sp³-hybridized carbons (Fsp3) is 0.300. The number of rotatable bonds is 1. The summed E-state index contributed by atoms with van der Waals surface area (Å²) in [5, 5.41) is 12.6. The number of aliphatic hydroxyl groups is 1. The van der Waals surface area contributed by atoms with Crippen molar-refractivity contribution in [3.8, 4) is 0 Å². The topological polar surface area (TPSA) is 44.6 Å². The molecule has 68 valence electrons. The predicted molar refractivity (Wildman–Crippen MR) is 53.1 cm³/mol. The van der Waals surface area contributed by atoms with Crippen LogP contribution in [0.3, 0.4) is 0 Å². The van der Waals surface area contributed by atoms with E-state index in [1.54, 1.807) is 0 Å². The lowest BCUT2D eigenvalue weighted by molar-refractivity contribution is 0.274. The highest BCUT2D eigenvalue weighted by atomic mass is 16.3. The number of hydrogen-bond acceptors (Lipinski definition) is 3. The second-order valence-corrected chi connectivity index (χ2v) is 2.95. The van der Waals surface area contributed by atoms with Gasteiger partial charge in [-0.2, -0.15) is 0 Å². The highest BCUT2D eigenvalue weighted by Crippen LogP contribution is 2.24. The zero-order valence-corrected chi connectivity index (χ0v) is 7.49. The Morgan fingerprint density at radius 2 is 2.23 bits per heavy atom. The third kappa shape index (κ3) is 1.31. The molecule has 0 amide bonds. The van der Waals surface area contributed by atoms with Gasteiger partial charge in [0, 0.05) is 17.8 Å². The van der Waals surface area contributed by atoms with Crippen LogP contribution in [0.15, 0.2) is 29.3 Å². The van der Waals surface area contributed by atoms with Gasteiger partial charge in [-0.05, 0) is 13.0 Å². The molecule has 0 radical (unpaired) electrons. The van der Waals surface area contributed by atoms with Crippen LogP contribution >= 0.6 is 0 Å². The van der Waals surface area contributed by atoms with Crippen LogP contribution in [0.4, 0.5) is 5.69 Å². The van der Waals surface area contributed by atoms with Crippen LogP contribution in [0.2, 0.25) is 0 Å². The molecule has 1 aromatic rings. The summed E-state index contributed by atoms with van der Waals surface area (Å²) in [6, 6.07) is 7.79. The van der Waals surface area contributed by atoms with E-state index in [-0.39, 0.29) is 0 Å². The molecule has 0 saturated heterocycles. The molecule has 1 atom stereocenters. The fourth-order valence-electron chi connectivity index (χ4n) is 1.54. The molecule has 3 heteroatoms. The summed E-state index contributed by atoms with van der Waals surface area (Å²) in [4.78, 5) is 4.25. The van der Waals surface area contributed by atoms with Crippen LogP contribution in [-0.4, -0.2) is 23.6 Å². The lowest BCUT2D eigenvalue weighted by atomic mass is 10.1. The van der Waals surface area contributed by atoms with Crippen LogP contribution < -0.4 is 5.32 Å². The molecule has 0 spiro atoms.